The van der Waals surface area contributed by atoms with Crippen LogP contribution >= 0.6 is 0 Å². The maximum absolute atomic E-state index is 13.5. The van der Waals surface area contributed by atoms with E-state index in [0.717, 1.165) is 46.5 Å². The van der Waals surface area contributed by atoms with Crippen molar-refractivity contribution in [1.29, 1.82) is 0 Å². The highest BCUT2D eigenvalue weighted by atomic mass is 16.8. The molecule has 2 unspecified atom stereocenters. The van der Waals surface area contributed by atoms with Crippen LogP contribution in [0, 0.1) is 50.7 Å². The minimum Gasteiger partial charge on any atom is -0.463 e. The predicted molar refractivity (Wildman–Crippen MR) is 296 cm³/mol. The first kappa shape index (κ1) is 68.0. The van der Waals surface area contributed by atoms with Gasteiger partial charge >= 0.3 is 59.7 Å². The van der Waals surface area contributed by atoms with Crippen molar-refractivity contribution in [2.75, 3.05) is 6.61 Å². The Morgan fingerprint density at radius 2 is 1.05 bits per heavy atom. The molecule has 2 heterocycles. The molecule has 484 valence electrons. The molecule has 5 aliphatic carbocycles. The van der Waals surface area contributed by atoms with E-state index in [1.807, 2.05) is 0 Å². The number of rotatable bonds is 20. The van der Waals surface area contributed by atoms with Gasteiger partial charge in [-0.15, -0.1) is 0 Å². The standard InChI is InChI=1S/C62H92O24/c1-29(19-20-45(76-33(5)65)58(15,16)86-56-53(83-40(12)72)51(81-38(10)70)49(79-36(8)68)43(84-56)27-73-31(3)63)41-21-22-60(18)54-42(75-32(4)64)25-44-57(13,14)46(26-47(77-34(6)66)62(44)28-61(54,62)24-23-59(41,60)17)85-55-52(82-39(11)71)50(80-37(9)69)48(30(2)74-55)78-35(7)67/h29-30,41-56H,19-28H2,1-18H3/t29-,30+,41?,42+,43-,44?,45+,46+,47+,48+,49-,50-,51+,52-,53-,54+,55+,56+,59-,60+,61+,62-/m1/s1. The summed E-state index contributed by atoms with van der Waals surface area (Å²) in [5, 5.41) is 0. The summed E-state index contributed by atoms with van der Waals surface area (Å²) in [6.45, 7) is 27.8. The first-order valence-corrected chi connectivity index (χ1v) is 30.2. The topological polar surface area (TPSA) is 300 Å². The Balaban J connectivity index is 1.17. The van der Waals surface area contributed by atoms with Crippen LogP contribution in [0.15, 0.2) is 0 Å². The smallest absolute Gasteiger partial charge is 0.303 e. The van der Waals surface area contributed by atoms with Gasteiger partial charge in [-0.1, -0.05) is 34.6 Å². The number of esters is 10. The van der Waals surface area contributed by atoms with Crippen LogP contribution in [0.2, 0.25) is 0 Å². The third-order valence-corrected chi connectivity index (χ3v) is 20.7. The molecule has 0 aromatic rings. The van der Waals surface area contributed by atoms with E-state index < -0.39 is 179 Å². The largest absolute Gasteiger partial charge is 0.463 e. The van der Waals surface area contributed by atoms with Gasteiger partial charge in [0.2, 0.25) is 0 Å². The third kappa shape index (κ3) is 13.3. The third-order valence-electron chi connectivity index (χ3n) is 20.7. The van der Waals surface area contributed by atoms with Crippen molar-refractivity contribution in [3.8, 4) is 0 Å². The summed E-state index contributed by atoms with van der Waals surface area (Å²) < 4.78 is 84.7. The van der Waals surface area contributed by atoms with Gasteiger partial charge in [0, 0.05) is 87.0 Å². The van der Waals surface area contributed by atoms with E-state index in [1.54, 1.807) is 20.8 Å². The average molecular weight is 1220 g/mol. The molecule has 7 rings (SSSR count). The number of carbonyl (C=O) groups excluding carboxylic acids is 10. The SMILES string of the molecule is CC(=O)OC[C@H]1O[C@@H](OC(C)(C)[C@H](CC[C@@H](C)C2CC[C@@]3(C)[C@@H]4[C@@H](OC(C)=O)CC5C(C)(C)[C@@H](O[C@@H]6O[C@@H](C)[C@H](OC(C)=O)[C@@H](OC(C)=O)[C@H]6OC(C)=O)C[C@H](OC(C)=O)[C@@]56C[C@@]46CC[C@]23C)OC(C)=O)[C@H](OC(C)=O)[C@@H](OC(C)=O)[C@@H]1OC(C)=O. The van der Waals surface area contributed by atoms with Crippen molar-refractivity contribution < 1.29 is 114 Å². The summed E-state index contributed by atoms with van der Waals surface area (Å²) in [4.78, 5) is 127. The minimum atomic E-state index is -1.54. The highest BCUT2D eigenvalue weighted by Gasteiger charge is 2.87. The van der Waals surface area contributed by atoms with Gasteiger partial charge in [0.15, 0.2) is 49.2 Å². The second-order valence-corrected chi connectivity index (χ2v) is 26.9. The summed E-state index contributed by atoms with van der Waals surface area (Å²) in [6, 6.07) is 0. The zero-order valence-electron chi connectivity index (χ0n) is 53.3. The van der Waals surface area contributed by atoms with Gasteiger partial charge in [-0.25, -0.2) is 0 Å². The molecule has 24 heteroatoms. The number of ether oxygens (including phenoxy) is 14. The van der Waals surface area contributed by atoms with E-state index in [4.69, 9.17) is 66.3 Å². The van der Waals surface area contributed by atoms with Crippen molar-refractivity contribution in [2.24, 2.45) is 50.7 Å². The Labute approximate surface area is 503 Å². The normalized spacial score (nSPS) is 39.0. The predicted octanol–water partition coefficient (Wildman–Crippen LogP) is 6.66. The summed E-state index contributed by atoms with van der Waals surface area (Å²) in [5.74, 6) is -6.92. The molecule has 0 bridgehead atoms. The lowest BCUT2D eigenvalue weighted by Crippen LogP contribution is -2.67. The summed E-state index contributed by atoms with van der Waals surface area (Å²) in [5.41, 5.74) is -3.86. The monoisotopic (exact) mass is 1220 g/mol. The fraction of sp³-hybridized carbons (Fsp3) is 0.839. The molecule has 22 atom stereocenters. The van der Waals surface area contributed by atoms with E-state index in [2.05, 4.69) is 34.6 Å². The Kier molecular flexibility index (Phi) is 20.2. The van der Waals surface area contributed by atoms with Gasteiger partial charge in [-0.2, -0.15) is 0 Å². The molecule has 0 aromatic heterocycles. The quantitative estimate of drug-likeness (QED) is 0.0699. The number of carbonyl (C=O) groups is 10. The van der Waals surface area contributed by atoms with E-state index in [1.165, 1.54) is 48.5 Å². The maximum atomic E-state index is 13.5. The first-order valence-electron chi connectivity index (χ1n) is 30.2. The van der Waals surface area contributed by atoms with Crippen LogP contribution in [0.5, 0.6) is 0 Å². The minimum absolute atomic E-state index is 0.0256. The van der Waals surface area contributed by atoms with Crippen LogP contribution in [0.25, 0.3) is 0 Å². The molecule has 0 amide bonds. The Hall–Kier alpha value is -5.46. The summed E-state index contributed by atoms with van der Waals surface area (Å²) >= 11 is 0. The molecule has 7 fully saturated rings. The van der Waals surface area contributed by atoms with Crippen LogP contribution < -0.4 is 0 Å². The lowest BCUT2D eigenvalue weighted by atomic mass is 9.40. The van der Waals surface area contributed by atoms with Gasteiger partial charge in [-0.3, -0.25) is 47.9 Å². The maximum Gasteiger partial charge on any atom is 0.303 e. The van der Waals surface area contributed by atoms with Crippen LogP contribution in [-0.2, 0) is 114 Å². The average Bonchev–Trinajstić information content (AvgIpc) is 1.45. The fourth-order valence-electron chi connectivity index (χ4n) is 17.4. The van der Waals surface area contributed by atoms with Crippen LogP contribution in [-0.4, -0.2) is 158 Å². The molecule has 5 saturated carbocycles. The van der Waals surface area contributed by atoms with Crippen molar-refractivity contribution in [3.63, 3.8) is 0 Å². The number of hydrogen-bond acceptors (Lipinski definition) is 24. The summed E-state index contributed by atoms with van der Waals surface area (Å²) in [7, 11) is 0. The van der Waals surface area contributed by atoms with E-state index in [0.29, 0.717) is 25.7 Å². The van der Waals surface area contributed by atoms with Crippen LogP contribution in [0.4, 0.5) is 0 Å². The molecule has 0 radical (unpaired) electrons. The van der Waals surface area contributed by atoms with Crippen molar-refractivity contribution >= 4 is 59.7 Å². The van der Waals surface area contributed by atoms with Gasteiger partial charge in [0.1, 0.15) is 36.6 Å². The number of fused-ring (bicyclic) bond motifs is 2. The Bertz CT molecular complexity index is 2620. The molecule has 2 aliphatic heterocycles. The lowest BCUT2D eigenvalue weighted by Gasteiger charge is -2.65. The van der Waals surface area contributed by atoms with Crippen molar-refractivity contribution in [2.45, 2.75) is 274 Å². The second-order valence-electron chi connectivity index (χ2n) is 26.9. The zero-order valence-corrected chi connectivity index (χ0v) is 53.3. The molecule has 0 aromatic carbocycles. The molecule has 2 saturated heterocycles. The molecule has 24 nitrogen and oxygen atoms in total. The first-order chi connectivity index (χ1) is 39.8. The molecule has 86 heavy (non-hydrogen) atoms. The molecule has 7 aliphatic rings. The van der Waals surface area contributed by atoms with Gasteiger partial charge < -0.3 is 66.3 Å². The molecular formula is C62H92O24. The zero-order chi connectivity index (χ0) is 64.1. The van der Waals surface area contributed by atoms with Gasteiger partial charge in [-0.05, 0) is 112 Å². The van der Waals surface area contributed by atoms with Gasteiger partial charge in [0.05, 0.1) is 12.2 Å². The highest BCUT2D eigenvalue weighted by Crippen LogP contribution is 2.89. The Morgan fingerprint density at radius 1 is 0.535 bits per heavy atom. The summed E-state index contributed by atoms with van der Waals surface area (Å²) in [6.07, 6.45) is -10.8. The van der Waals surface area contributed by atoms with E-state index >= 15 is 0 Å². The second kappa shape index (κ2) is 25.6. The Morgan fingerprint density at radius 3 is 1.58 bits per heavy atom. The lowest BCUT2D eigenvalue weighted by molar-refractivity contribution is -0.335. The van der Waals surface area contributed by atoms with E-state index in [-0.39, 0.29) is 35.5 Å². The van der Waals surface area contributed by atoms with E-state index in [9.17, 15) is 47.9 Å². The molecular weight excluding hydrogens is 1130 g/mol. The molecule has 0 N–H and O–H groups in total. The highest BCUT2D eigenvalue weighted by molar-refractivity contribution is 5.70. The van der Waals surface area contributed by atoms with Gasteiger partial charge in [0.25, 0.3) is 0 Å². The number of hydrogen-bond donors (Lipinski definition) is 0. The molecule has 2 spiro atoms. The van der Waals surface area contributed by atoms with Crippen molar-refractivity contribution in [1.82, 2.24) is 0 Å². The van der Waals surface area contributed by atoms with Crippen LogP contribution in [0.3, 0.4) is 0 Å². The fourth-order valence-corrected chi connectivity index (χ4v) is 17.4. The van der Waals surface area contributed by atoms with Crippen LogP contribution in [0.1, 0.15) is 182 Å². The van der Waals surface area contributed by atoms with Crippen molar-refractivity contribution in [3.05, 3.63) is 0 Å².